The van der Waals surface area contributed by atoms with Crippen LogP contribution in [0.2, 0.25) is 0 Å². The van der Waals surface area contributed by atoms with E-state index >= 15 is 0 Å². The lowest BCUT2D eigenvalue weighted by atomic mass is 9.95. The summed E-state index contributed by atoms with van der Waals surface area (Å²) in [4.78, 5) is 42.6. The van der Waals surface area contributed by atoms with Crippen LogP contribution in [0.1, 0.15) is 37.8 Å². The van der Waals surface area contributed by atoms with Gasteiger partial charge in [0.2, 0.25) is 21.7 Å². The van der Waals surface area contributed by atoms with E-state index in [2.05, 4.69) is 20.3 Å². The Kier molecular flexibility index (Phi) is 8.51. The Morgan fingerprint density at radius 2 is 1.88 bits per heavy atom. The van der Waals surface area contributed by atoms with Crippen molar-refractivity contribution in [1.82, 2.24) is 20.3 Å². The summed E-state index contributed by atoms with van der Waals surface area (Å²) < 4.78 is 28.2. The summed E-state index contributed by atoms with van der Waals surface area (Å²) in [6.45, 7) is 4.06. The zero-order chi connectivity index (χ0) is 24.7. The van der Waals surface area contributed by atoms with E-state index in [1.54, 1.807) is 30.6 Å². The standard InChI is InChI=1S/C24H30N4O5S/c1-16(2)13-21(28-34(32,33)19-8-4-3-5-9-19)23(30)27-20-14-18-15-25-12-10-17(18)7-6-11-26-24(31)22(20)29/h3-5,8-10,12,15-16,20-21,28H,6-7,11,13-14H2,1-2H3,(H,26,31)(H,27,30). The highest BCUT2D eigenvalue weighted by Crippen LogP contribution is 2.16. The van der Waals surface area contributed by atoms with E-state index in [-0.39, 0.29) is 23.7 Å². The monoisotopic (exact) mass is 486 g/mol. The highest BCUT2D eigenvalue weighted by atomic mass is 32.2. The van der Waals surface area contributed by atoms with Gasteiger partial charge in [0.1, 0.15) is 12.1 Å². The van der Waals surface area contributed by atoms with Crippen LogP contribution in [-0.2, 0) is 37.2 Å². The molecule has 0 aliphatic carbocycles. The SMILES string of the molecule is CC(C)CC(NS(=O)(=O)c1ccccc1)C(=O)NC1Cc2cnccc2CCCNC(=O)C1=O. The van der Waals surface area contributed by atoms with E-state index in [1.807, 2.05) is 19.9 Å². The van der Waals surface area contributed by atoms with Crippen LogP contribution in [0.25, 0.3) is 0 Å². The van der Waals surface area contributed by atoms with Crippen molar-refractivity contribution in [2.45, 2.75) is 56.5 Å². The second-order valence-electron chi connectivity index (χ2n) is 8.75. The molecule has 3 N–H and O–H groups in total. The summed E-state index contributed by atoms with van der Waals surface area (Å²) >= 11 is 0. The number of fused-ring (bicyclic) bond motifs is 1. The number of nitrogens with zero attached hydrogens (tertiary/aromatic N) is 1. The van der Waals surface area contributed by atoms with E-state index in [1.165, 1.54) is 12.1 Å². The molecule has 2 amide bonds. The number of amides is 2. The van der Waals surface area contributed by atoms with Crippen molar-refractivity contribution >= 4 is 27.6 Å². The van der Waals surface area contributed by atoms with Gasteiger partial charge in [-0.2, -0.15) is 4.72 Å². The van der Waals surface area contributed by atoms with Crippen molar-refractivity contribution in [2.24, 2.45) is 5.92 Å². The Morgan fingerprint density at radius 1 is 1.15 bits per heavy atom. The lowest BCUT2D eigenvalue weighted by Gasteiger charge is -2.25. The molecular formula is C24H30N4O5S. The summed E-state index contributed by atoms with van der Waals surface area (Å²) in [7, 11) is -3.97. The zero-order valence-corrected chi connectivity index (χ0v) is 20.1. The topological polar surface area (TPSA) is 134 Å². The third kappa shape index (κ3) is 6.71. The first-order chi connectivity index (χ1) is 16.2. The predicted molar refractivity (Wildman–Crippen MR) is 126 cm³/mol. The number of hydrogen-bond acceptors (Lipinski definition) is 6. The van der Waals surface area contributed by atoms with Crippen LogP contribution in [-0.4, -0.2) is 49.6 Å². The quantitative estimate of drug-likeness (QED) is 0.503. The fourth-order valence-corrected chi connectivity index (χ4v) is 5.08. The zero-order valence-electron chi connectivity index (χ0n) is 19.3. The Labute approximate surface area is 199 Å². The predicted octanol–water partition coefficient (Wildman–Crippen LogP) is 1.13. The minimum atomic E-state index is -3.97. The Hall–Kier alpha value is -3.11. The number of hydrogen-bond donors (Lipinski definition) is 3. The van der Waals surface area contributed by atoms with Crippen LogP contribution in [0.5, 0.6) is 0 Å². The molecule has 1 aliphatic heterocycles. The number of Topliss-reactive ketones (excluding diaryl/α,β-unsaturated/α-hetero) is 1. The summed E-state index contributed by atoms with van der Waals surface area (Å²) in [6.07, 6.45) is 4.95. The van der Waals surface area contributed by atoms with Gasteiger partial charge in [0, 0.05) is 25.4 Å². The molecule has 0 bridgehead atoms. The number of carbonyl (C=O) groups is 3. The van der Waals surface area contributed by atoms with Gasteiger partial charge in [-0.25, -0.2) is 8.42 Å². The molecule has 0 saturated heterocycles. The molecule has 0 fully saturated rings. The molecule has 2 atom stereocenters. The lowest BCUT2D eigenvalue weighted by molar-refractivity contribution is -0.140. The first kappa shape index (κ1) is 25.5. The van der Waals surface area contributed by atoms with Crippen LogP contribution in [0.15, 0.2) is 53.7 Å². The van der Waals surface area contributed by atoms with E-state index < -0.39 is 39.7 Å². The number of sulfonamides is 1. The lowest BCUT2D eigenvalue weighted by Crippen LogP contribution is -2.55. The van der Waals surface area contributed by atoms with Gasteiger partial charge in [0.05, 0.1) is 4.90 Å². The molecule has 1 aromatic carbocycles. The Balaban J connectivity index is 1.86. The van der Waals surface area contributed by atoms with Crippen molar-refractivity contribution in [3.63, 3.8) is 0 Å². The highest BCUT2D eigenvalue weighted by molar-refractivity contribution is 7.89. The number of rotatable bonds is 7. The van der Waals surface area contributed by atoms with Crippen molar-refractivity contribution < 1.29 is 22.8 Å². The van der Waals surface area contributed by atoms with E-state index in [0.29, 0.717) is 19.4 Å². The molecule has 0 saturated carbocycles. The molecule has 2 aromatic rings. The number of aromatic nitrogens is 1. The van der Waals surface area contributed by atoms with Crippen molar-refractivity contribution in [1.29, 1.82) is 0 Å². The third-order valence-electron chi connectivity index (χ3n) is 5.57. The van der Waals surface area contributed by atoms with Crippen LogP contribution >= 0.6 is 0 Å². The molecule has 34 heavy (non-hydrogen) atoms. The van der Waals surface area contributed by atoms with Crippen molar-refractivity contribution in [2.75, 3.05) is 6.54 Å². The summed E-state index contributed by atoms with van der Waals surface area (Å²) in [5.41, 5.74) is 1.75. The Bertz CT molecular complexity index is 1140. The number of nitrogens with one attached hydrogen (secondary N) is 3. The van der Waals surface area contributed by atoms with Gasteiger partial charge in [-0.05, 0) is 54.5 Å². The van der Waals surface area contributed by atoms with E-state index in [0.717, 1.165) is 11.1 Å². The third-order valence-corrected chi connectivity index (χ3v) is 7.06. The van der Waals surface area contributed by atoms with Gasteiger partial charge in [0.15, 0.2) is 0 Å². The summed E-state index contributed by atoms with van der Waals surface area (Å²) in [5.74, 6) is -2.23. The summed E-state index contributed by atoms with van der Waals surface area (Å²) in [6, 6.07) is 7.34. The highest BCUT2D eigenvalue weighted by Gasteiger charge is 2.33. The molecule has 1 aliphatic rings. The normalized spacial score (nSPS) is 18.0. The fourth-order valence-electron chi connectivity index (χ4n) is 3.85. The maximum Gasteiger partial charge on any atom is 0.289 e. The van der Waals surface area contributed by atoms with Crippen LogP contribution in [0.3, 0.4) is 0 Å². The van der Waals surface area contributed by atoms with Crippen molar-refractivity contribution in [3.8, 4) is 0 Å². The molecular weight excluding hydrogens is 456 g/mol. The largest absolute Gasteiger partial charge is 0.349 e. The smallest absolute Gasteiger partial charge is 0.289 e. The van der Waals surface area contributed by atoms with Crippen LogP contribution in [0.4, 0.5) is 0 Å². The van der Waals surface area contributed by atoms with E-state index in [4.69, 9.17) is 0 Å². The molecule has 10 heteroatoms. The van der Waals surface area contributed by atoms with Crippen molar-refractivity contribution in [3.05, 3.63) is 59.9 Å². The molecule has 182 valence electrons. The van der Waals surface area contributed by atoms with Crippen LogP contribution in [0, 0.1) is 5.92 Å². The average molecular weight is 487 g/mol. The first-order valence-corrected chi connectivity index (χ1v) is 12.8. The average Bonchev–Trinajstić information content (AvgIpc) is 2.81. The second kappa shape index (κ2) is 11.3. The number of pyridine rings is 1. The molecule has 0 radical (unpaired) electrons. The molecule has 0 spiro atoms. The van der Waals surface area contributed by atoms with Gasteiger partial charge in [-0.1, -0.05) is 32.0 Å². The molecule has 1 aromatic heterocycles. The minimum absolute atomic E-state index is 0.0119. The summed E-state index contributed by atoms with van der Waals surface area (Å²) in [5, 5.41) is 5.22. The Morgan fingerprint density at radius 3 is 2.59 bits per heavy atom. The fraction of sp³-hybridized carbons (Fsp3) is 0.417. The number of carbonyl (C=O) groups excluding carboxylic acids is 3. The van der Waals surface area contributed by atoms with E-state index in [9.17, 15) is 22.8 Å². The van der Waals surface area contributed by atoms with Gasteiger partial charge in [-0.3, -0.25) is 19.4 Å². The van der Waals surface area contributed by atoms with Gasteiger partial charge in [0.25, 0.3) is 5.91 Å². The minimum Gasteiger partial charge on any atom is -0.349 e. The van der Waals surface area contributed by atoms with Gasteiger partial charge < -0.3 is 10.6 Å². The number of ketones is 1. The number of aryl methyl sites for hydroxylation is 1. The molecule has 9 nitrogen and oxygen atoms in total. The maximum absolute atomic E-state index is 13.2. The molecule has 3 rings (SSSR count). The first-order valence-electron chi connectivity index (χ1n) is 11.3. The maximum atomic E-state index is 13.2. The molecule has 2 heterocycles. The van der Waals surface area contributed by atoms with Gasteiger partial charge >= 0.3 is 0 Å². The number of benzene rings is 1. The van der Waals surface area contributed by atoms with Gasteiger partial charge in [-0.15, -0.1) is 0 Å². The van der Waals surface area contributed by atoms with Crippen LogP contribution < -0.4 is 15.4 Å². The molecule has 2 unspecified atom stereocenters. The second-order valence-corrected chi connectivity index (χ2v) is 10.5.